The molecule has 4 heteroatoms. The summed E-state index contributed by atoms with van der Waals surface area (Å²) < 4.78 is 5.44. The fraction of sp³-hybridized carbons (Fsp3) is 0.350. The molecule has 0 unspecified atom stereocenters. The zero-order valence-corrected chi connectivity index (χ0v) is 14.4. The average molecular weight is 324 g/mol. The summed E-state index contributed by atoms with van der Waals surface area (Å²) in [5.41, 5.74) is 3.40. The van der Waals surface area contributed by atoms with Crippen molar-refractivity contribution < 1.29 is 9.53 Å². The average Bonchev–Trinajstić information content (AvgIpc) is 2.63. The molecule has 0 N–H and O–H groups in total. The van der Waals surface area contributed by atoms with Crippen LogP contribution in [0, 0.1) is 6.92 Å². The van der Waals surface area contributed by atoms with Gasteiger partial charge in [0, 0.05) is 26.2 Å². The molecule has 1 aliphatic rings. The second-order valence-corrected chi connectivity index (χ2v) is 6.14. The first-order valence-corrected chi connectivity index (χ1v) is 8.39. The number of hydrogen-bond donors (Lipinski definition) is 0. The Morgan fingerprint density at radius 2 is 1.67 bits per heavy atom. The Labute approximate surface area is 143 Å². The molecule has 0 bridgehead atoms. The largest absolute Gasteiger partial charge is 0.495 e. The maximum atomic E-state index is 12.6. The van der Waals surface area contributed by atoms with Gasteiger partial charge in [0.1, 0.15) is 5.75 Å². The first-order chi connectivity index (χ1) is 11.7. The van der Waals surface area contributed by atoms with E-state index >= 15 is 0 Å². The predicted octanol–water partition coefficient (Wildman–Crippen LogP) is 2.89. The molecular weight excluding hydrogens is 300 g/mol. The lowest BCUT2D eigenvalue weighted by Gasteiger charge is -2.36. The van der Waals surface area contributed by atoms with Gasteiger partial charge in [0.15, 0.2) is 0 Å². The van der Waals surface area contributed by atoms with Crippen molar-refractivity contribution >= 4 is 11.6 Å². The monoisotopic (exact) mass is 324 g/mol. The van der Waals surface area contributed by atoms with Crippen molar-refractivity contribution in [2.75, 3.05) is 38.2 Å². The Bertz CT molecular complexity index is 706. The van der Waals surface area contributed by atoms with E-state index in [0.29, 0.717) is 6.42 Å². The molecule has 0 saturated carbocycles. The smallest absolute Gasteiger partial charge is 0.227 e. The second kappa shape index (κ2) is 7.39. The van der Waals surface area contributed by atoms with Crippen LogP contribution in [-0.4, -0.2) is 44.1 Å². The van der Waals surface area contributed by atoms with Crippen molar-refractivity contribution in [1.29, 1.82) is 0 Å². The van der Waals surface area contributed by atoms with E-state index in [0.717, 1.165) is 43.2 Å². The van der Waals surface area contributed by atoms with E-state index in [9.17, 15) is 4.79 Å². The third-order valence-electron chi connectivity index (χ3n) is 4.66. The molecule has 3 rings (SSSR count). The van der Waals surface area contributed by atoms with Crippen molar-refractivity contribution in [3.8, 4) is 5.75 Å². The van der Waals surface area contributed by atoms with Gasteiger partial charge in [-0.2, -0.15) is 0 Å². The lowest BCUT2D eigenvalue weighted by atomic mass is 10.1. The summed E-state index contributed by atoms with van der Waals surface area (Å²) in [6.45, 7) is 5.23. The Kier molecular flexibility index (Phi) is 5.04. The lowest BCUT2D eigenvalue weighted by molar-refractivity contribution is -0.130. The van der Waals surface area contributed by atoms with Crippen LogP contribution in [0.15, 0.2) is 48.5 Å². The fourth-order valence-corrected chi connectivity index (χ4v) is 3.17. The van der Waals surface area contributed by atoms with Crippen molar-refractivity contribution in [2.45, 2.75) is 13.3 Å². The van der Waals surface area contributed by atoms with Crippen LogP contribution in [0.3, 0.4) is 0 Å². The van der Waals surface area contributed by atoms with Crippen LogP contribution in [0.2, 0.25) is 0 Å². The highest BCUT2D eigenvalue weighted by Crippen LogP contribution is 2.28. The number of methoxy groups -OCH3 is 1. The third-order valence-corrected chi connectivity index (χ3v) is 4.66. The van der Waals surface area contributed by atoms with Crippen LogP contribution in [0.25, 0.3) is 0 Å². The predicted molar refractivity (Wildman–Crippen MR) is 96.7 cm³/mol. The van der Waals surface area contributed by atoms with E-state index in [1.54, 1.807) is 7.11 Å². The molecular formula is C20H24N2O2. The number of amides is 1. The van der Waals surface area contributed by atoms with Gasteiger partial charge in [-0.1, -0.05) is 36.4 Å². The van der Waals surface area contributed by atoms with Crippen molar-refractivity contribution in [2.24, 2.45) is 0 Å². The van der Waals surface area contributed by atoms with Gasteiger partial charge in [-0.25, -0.2) is 0 Å². The van der Waals surface area contributed by atoms with Gasteiger partial charge in [0.05, 0.1) is 19.2 Å². The minimum absolute atomic E-state index is 0.212. The number of piperazine rings is 1. The summed E-state index contributed by atoms with van der Waals surface area (Å²) in [6.07, 6.45) is 0.487. The standard InChI is InChI=1S/C20H24N2O2/c1-16-7-3-4-8-17(16)15-20(23)22-13-11-21(12-14-22)18-9-5-6-10-19(18)24-2/h3-10H,11-15H2,1-2H3. The van der Waals surface area contributed by atoms with E-state index in [1.165, 1.54) is 5.56 Å². The van der Waals surface area contributed by atoms with Crippen LogP contribution in [0.4, 0.5) is 5.69 Å². The summed E-state index contributed by atoms with van der Waals surface area (Å²) in [5, 5.41) is 0. The molecule has 126 valence electrons. The molecule has 0 spiro atoms. The van der Waals surface area contributed by atoms with Crippen molar-refractivity contribution in [3.05, 3.63) is 59.7 Å². The Balaban J connectivity index is 1.61. The highest BCUT2D eigenvalue weighted by atomic mass is 16.5. The molecule has 4 nitrogen and oxygen atoms in total. The van der Waals surface area contributed by atoms with Crippen molar-refractivity contribution in [3.63, 3.8) is 0 Å². The summed E-state index contributed by atoms with van der Waals surface area (Å²) >= 11 is 0. The van der Waals surface area contributed by atoms with Crippen LogP contribution in [0.5, 0.6) is 5.75 Å². The second-order valence-electron chi connectivity index (χ2n) is 6.14. The number of aryl methyl sites for hydroxylation is 1. The van der Waals surface area contributed by atoms with Gasteiger partial charge in [-0.05, 0) is 30.2 Å². The van der Waals surface area contributed by atoms with E-state index in [4.69, 9.17) is 4.74 Å². The molecule has 2 aromatic rings. The number of ether oxygens (including phenoxy) is 1. The zero-order valence-electron chi connectivity index (χ0n) is 14.4. The van der Waals surface area contributed by atoms with E-state index < -0.39 is 0 Å². The van der Waals surface area contributed by atoms with Crippen LogP contribution < -0.4 is 9.64 Å². The summed E-state index contributed by atoms with van der Waals surface area (Å²) in [5.74, 6) is 1.10. The molecule has 1 amide bonds. The Hall–Kier alpha value is -2.49. The minimum atomic E-state index is 0.212. The Morgan fingerprint density at radius 1 is 1.00 bits per heavy atom. The van der Waals surface area contributed by atoms with Crippen LogP contribution >= 0.6 is 0 Å². The number of nitrogens with zero attached hydrogens (tertiary/aromatic N) is 2. The minimum Gasteiger partial charge on any atom is -0.495 e. The first-order valence-electron chi connectivity index (χ1n) is 8.39. The zero-order chi connectivity index (χ0) is 16.9. The first kappa shape index (κ1) is 16.4. The van der Waals surface area contributed by atoms with Crippen molar-refractivity contribution in [1.82, 2.24) is 4.90 Å². The number of carbonyl (C=O) groups is 1. The molecule has 0 aromatic heterocycles. The number of para-hydroxylation sites is 2. The highest BCUT2D eigenvalue weighted by Gasteiger charge is 2.23. The van der Waals surface area contributed by atoms with E-state index in [-0.39, 0.29) is 5.91 Å². The molecule has 0 atom stereocenters. The molecule has 0 aliphatic carbocycles. The van der Waals surface area contributed by atoms with Gasteiger partial charge in [-0.3, -0.25) is 4.79 Å². The summed E-state index contributed by atoms with van der Waals surface area (Å²) in [7, 11) is 1.70. The Morgan fingerprint density at radius 3 is 2.38 bits per heavy atom. The van der Waals surface area contributed by atoms with Gasteiger partial charge in [-0.15, -0.1) is 0 Å². The lowest BCUT2D eigenvalue weighted by Crippen LogP contribution is -2.49. The molecule has 24 heavy (non-hydrogen) atoms. The third kappa shape index (κ3) is 3.53. The number of rotatable bonds is 4. The summed E-state index contributed by atoms with van der Waals surface area (Å²) in [6, 6.07) is 16.2. The fourth-order valence-electron chi connectivity index (χ4n) is 3.17. The summed E-state index contributed by atoms with van der Waals surface area (Å²) in [4.78, 5) is 16.8. The van der Waals surface area contributed by atoms with Gasteiger partial charge >= 0.3 is 0 Å². The molecule has 0 radical (unpaired) electrons. The number of hydrogen-bond acceptors (Lipinski definition) is 3. The highest BCUT2D eigenvalue weighted by molar-refractivity contribution is 5.79. The topological polar surface area (TPSA) is 32.8 Å². The maximum Gasteiger partial charge on any atom is 0.227 e. The van der Waals surface area contributed by atoms with Gasteiger partial charge in [0.25, 0.3) is 0 Å². The number of anilines is 1. The van der Waals surface area contributed by atoms with Crippen LogP contribution in [-0.2, 0) is 11.2 Å². The molecule has 1 heterocycles. The van der Waals surface area contributed by atoms with E-state index in [2.05, 4.69) is 24.0 Å². The molecule has 1 saturated heterocycles. The number of carbonyl (C=O) groups excluding carboxylic acids is 1. The SMILES string of the molecule is COc1ccccc1N1CCN(C(=O)Cc2ccccc2C)CC1. The van der Waals surface area contributed by atoms with Crippen LogP contribution in [0.1, 0.15) is 11.1 Å². The quantitative estimate of drug-likeness (QED) is 0.867. The van der Waals surface area contributed by atoms with Gasteiger partial charge in [0.2, 0.25) is 5.91 Å². The van der Waals surface area contributed by atoms with Gasteiger partial charge < -0.3 is 14.5 Å². The normalized spacial score (nSPS) is 14.6. The molecule has 1 fully saturated rings. The maximum absolute atomic E-state index is 12.6. The molecule has 2 aromatic carbocycles. The number of benzene rings is 2. The molecule has 1 aliphatic heterocycles. The van der Waals surface area contributed by atoms with E-state index in [1.807, 2.05) is 41.3 Å².